The Hall–Kier alpha value is -7.80. The van der Waals surface area contributed by atoms with E-state index in [2.05, 4.69) is 70.5 Å². The minimum atomic E-state index is 0.525. The van der Waals surface area contributed by atoms with Gasteiger partial charge >= 0.3 is 0 Å². The molecule has 7 rings (SSSR count). The zero-order valence-corrected chi connectivity index (χ0v) is 31.1. The Labute approximate surface area is 328 Å². The molecule has 0 spiro atoms. The van der Waals surface area contributed by atoms with E-state index in [4.69, 9.17) is 9.47 Å². The van der Waals surface area contributed by atoms with Gasteiger partial charge in [0.05, 0.1) is 37.5 Å². The van der Waals surface area contributed by atoms with Crippen LogP contribution in [0.1, 0.15) is 22.3 Å². The van der Waals surface area contributed by atoms with Gasteiger partial charge in [-0.1, -0.05) is 84.9 Å². The number of methoxy groups -OCH3 is 2. The number of para-hydroxylation sites is 2. The summed E-state index contributed by atoms with van der Waals surface area (Å²) in [5, 5.41) is 20.3. The summed E-state index contributed by atoms with van der Waals surface area (Å²) < 4.78 is 10.7. The minimum Gasteiger partial charge on any atom is -0.497 e. The molecule has 0 fully saturated rings. The van der Waals surface area contributed by atoms with Gasteiger partial charge in [-0.15, -0.1) is 0 Å². The number of rotatable bonds is 12. The van der Waals surface area contributed by atoms with Crippen LogP contribution in [-0.4, -0.2) is 14.2 Å². The van der Waals surface area contributed by atoms with Crippen LogP contribution in [0.2, 0.25) is 0 Å². The fourth-order valence-corrected chi connectivity index (χ4v) is 6.47. The summed E-state index contributed by atoms with van der Waals surface area (Å²) in [5.74, 6) is 1.59. The molecule has 0 aliphatic heterocycles. The predicted molar refractivity (Wildman–Crippen MR) is 229 cm³/mol. The molecule has 0 radical (unpaired) electrons. The van der Waals surface area contributed by atoms with Gasteiger partial charge in [-0.2, -0.15) is 10.5 Å². The summed E-state index contributed by atoms with van der Waals surface area (Å²) in [7, 11) is 3.32. The lowest BCUT2D eigenvalue weighted by atomic mass is 9.98. The van der Waals surface area contributed by atoms with E-state index in [1.807, 2.05) is 146 Å². The van der Waals surface area contributed by atoms with E-state index in [1.165, 1.54) is 0 Å². The van der Waals surface area contributed by atoms with Crippen molar-refractivity contribution in [1.82, 2.24) is 0 Å². The van der Waals surface area contributed by atoms with Crippen molar-refractivity contribution in [3.63, 3.8) is 0 Å². The monoisotopic (exact) mass is 726 g/mol. The third-order valence-corrected chi connectivity index (χ3v) is 9.36. The first-order valence-electron chi connectivity index (χ1n) is 18.1. The summed E-state index contributed by atoms with van der Waals surface area (Å²) in [4.78, 5) is 4.35. The Balaban J connectivity index is 1.10. The van der Waals surface area contributed by atoms with Gasteiger partial charge in [-0.25, -0.2) is 0 Å². The van der Waals surface area contributed by atoms with Crippen molar-refractivity contribution in [1.29, 1.82) is 10.5 Å². The molecule has 270 valence electrons. The largest absolute Gasteiger partial charge is 0.497 e. The van der Waals surface area contributed by atoms with Crippen molar-refractivity contribution in [3.8, 4) is 23.6 Å². The first kappa shape index (κ1) is 36.6. The average Bonchev–Trinajstić information content (AvgIpc) is 3.27. The first-order valence-corrected chi connectivity index (χ1v) is 18.1. The van der Waals surface area contributed by atoms with Crippen LogP contribution < -0.4 is 19.3 Å². The first-order chi connectivity index (χ1) is 27.6. The van der Waals surface area contributed by atoms with Crippen molar-refractivity contribution in [2.24, 2.45) is 0 Å². The summed E-state index contributed by atoms with van der Waals surface area (Å²) >= 11 is 0. The highest BCUT2D eigenvalue weighted by molar-refractivity contribution is 5.93. The van der Waals surface area contributed by atoms with E-state index in [1.54, 1.807) is 14.2 Å². The molecule has 0 atom stereocenters. The van der Waals surface area contributed by atoms with Crippen LogP contribution in [0.3, 0.4) is 0 Å². The molecule has 0 heterocycles. The van der Waals surface area contributed by atoms with Crippen molar-refractivity contribution >= 4 is 57.4 Å². The van der Waals surface area contributed by atoms with Crippen LogP contribution in [0, 0.1) is 22.7 Å². The quantitative estimate of drug-likeness (QED) is 0.0922. The van der Waals surface area contributed by atoms with Gasteiger partial charge < -0.3 is 19.3 Å². The Morgan fingerprint density at radius 3 is 0.964 bits per heavy atom. The lowest BCUT2D eigenvalue weighted by Gasteiger charge is -2.25. The molecule has 56 heavy (non-hydrogen) atoms. The molecule has 6 nitrogen and oxygen atoms in total. The maximum absolute atomic E-state index is 10.2. The van der Waals surface area contributed by atoms with Crippen LogP contribution in [0.25, 0.3) is 23.3 Å². The van der Waals surface area contributed by atoms with Gasteiger partial charge in [-0.3, -0.25) is 0 Å². The van der Waals surface area contributed by atoms with E-state index in [0.29, 0.717) is 11.1 Å². The van der Waals surface area contributed by atoms with Gasteiger partial charge in [0.15, 0.2) is 0 Å². The van der Waals surface area contributed by atoms with Crippen LogP contribution in [-0.2, 0) is 0 Å². The molecule has 0 N–H and O–H groups in total. The normalized spacial score (nSPS) is 11.2. The lowest BCUT2D eigenvalue weighted by molar-refractivity contribution is 0.414. The summed E-state index contributed by atoms with van der Waals surface area (Å²) in [6.45, 7) is 0. The highest BCUT2D eigenvalue weighted by atomic mass is 16.5. The fourth-order valence-electron chi connectivity index (χ4n) is 6.47. The highest BCUT2D eigenvalue weighted by Gasteiger charge is 2.14. The van der Waals surface area contributed by atoms with E-state index in [0.717, 1.165) is 67.9 Å². The van der Waals surface area contributed by atoms with Crippen LogP contribution in [0.5, 0.6) is 11.5 Å². The number of nitriles is 2. The van der Waals surface area contributed by atoms with Gasteiger partial charge in [0.25, 0.3) is 0 Å². The summed E-state index contributed by atoms with van der Waals surface area (Å²) in [6, 6.07) is 64.8. The highest BCUT2D eigenvalue weighted by Crippen LogP contribution is 2.37. The predicted octanol–water partition coefficient (Wildman–Crippen LogP) is 12.8. The zero-order valence-electron chi connectivity index (χ0n) is 31.1. The second kappa shape index (κ2) is 17.4. The van der Waals surface area contributed by atoms with Gasteiger partial charge in [0.1, 0.15) is 11.5 Å². The van der Waals surface area contributed by atoms with E-state index in [9.17, 15) is 10.5 Å². The fraction of sp³-hybridized carbons (Fsp3) is 0.0400. The molecular formula is C50H38N4O2. The number of hydrogen-bond acceptors (Lipinski definition) is 6. The third-order valence-electron chi connectivity index (χ3n) is 9.36. The molecule has 0 aromatic heterocycles. The van der Waals surface area contributed by atoms with Gasteiger partial charge in [-0.05, 0) is 131 Å². The standard InChI is InChI=1S/C50H38N4O2/c1-55-49-29-25-47(26-30-49)53(43-9-5-3-6-10-43)45-21-13-37(14-22-45)33-41(35-51)39-17-19-40(20-18-39)42(36-52)34-38-15-23-46(24-16-38)54(44-11-7-4-8-12-44)48-27-31-50(56-2)32-28-48/h3-34H,1-2H3/b41-33+,42-34+. The van der Waals surface area contributed by atoms with Crippen molar-refractivity contribution in [2.45, 2.75) is 0 Å². The maximum atomic E-state index is 10.2. The molecule has 7 aromatic carbocycles. The Morgan fingerprint density at radius 1 is 0.393 bits per heavy atom. The molecule has 7 aromatic rings. The maximum Gasteiger partial charge on any atom is 0.119 e. The smallest absolute Gasteiger partial charge is 0.119 e. The Morgan fingerprint density at radius 2 is 0.679 bits per heavy atom. The topological polar surface area (TPSA) is 72.5 Å². The molecule has 0 aliphatic rings. The van der Waals surface area contributed by atoms with Crippen molar-refractivity contribution in [3.05, 3.63) is 204 Å². The van der Waals surface area contributed by atoms with Crippen LogP contribution in [0.15, 0.2) is 182 Å². The Bertz CT molecular complexity index is 2330. The molecule has 0 aliphatic carbocycles. The molecule has 0 amide bonds. The molecular weight excluding hydrogens is 689 g/mol. The number of hydrogen-bond donors (Lipinski definition) is 0. The summed E-state index contributed by atoms with van der Waals surface area (Å²) in [6.07, 6.45) is 3.76. The SMILES string of the molecule is COc1ccc(N(c2ccccc2)c2ccc(/C=C(\C#N)c3ccc(/C(C#N)=C/c4ccc(N(c5ccccc5)c5ccc(OC)cc5)cc4)cc3)cc2)cc1. The third kappa shape index (κ3) is 8.37. The van der Waals surface area contributed by atoms with Crippen LogP contribution in [0.4, 0.5) is 34.1 Å². The van der Waals surface area contributed by atoms with Crippen LogP contribution >= 0.6 is 0 Å². The second-order valence-electron chi connectivity index (χ2n) is 12.8. The number of benzene rings is 7. The second-order valence-corrected chi connectivity index (χ2v) is 12.8. The lowest BCUT2D eigenvalue weighted by Crippen LogP contribution is -2.09. The van der Waals surface area contributed by atoms with E-state index in [-0.39, 0.29) is 0 Å². The summed E-state index contributed by atoms with van der Waals surface area (Å²) in [5.41, 5.74) is 10.4. The molecule has 0 saturated carbocycles. The van der Waals surface area contributed by atoms with E-state index < -0.39 is 0 Å². The zero-order chi connectivity index (χ0) is 38.7. The number of allylic oxidation sites excluding steroid dienone is 2. The molecule has 0 unspecified atom stereocenters. The average molecular weight is 727 g/mol. The van der Waals surface area contributed by atoms with Gasteiger partial charge in [0, 0.05) is 34.1 Å². The van der Waals surface area contributed by atoms with Crippen molar-refractivity contribution < 1.29 is 9.47 Å². The van der Waals surface area contributed by atoms with Gasteiger partial charge in [0.2, 0.25) is 0 Å². The van der Waals surface area contributed by atoms with Crippen molar-refractivity contribution in [2.75, 3.05) is 24.0 Å². The molecule has 0 bridgehead atoms. The minimum absolute atomic E-state index is 0.525. The number of nitrogens with zero attached hydrogens (tertiary/aromatic N) is 4. The number of anilines is 6. The molecule has 0 saturated heterocycles. The molecule has 6 heteroatoms. The van der Waals surface area contributed by atoms with E-state index >= 15 is 0 Å². The number of ether oxygens (including phenoxy) is 2. The Kier molecular flexibility index (Phi) is 11.3.